The highest BCUT2D eigenvalue weighted by atomic mass is 16.5. The number of pyridine rings is 1. The maximum atomic E-state index is 5.42. The van der Waals surface area contributed by atoms with Crippen molar-refractivity contribution in [2.75, 3.05) is 44.7 Å². The third-order valence-corrected chi connectivity index (χ3v) is 5.01. The SMILES string of the molecule is c1ccc2nc3c(nc2c1)c(NCCN1CCOCC1)nc1ccccc13. The monoisotopic (exact) mass is 359 g/mol. The van der Waals surface area contributed by atoms with Crippen LogP contribution in [0, 0.1) is 0 Å². The molecule has 1 aliphatic rings. The molecule has 5 rings (SSSR count). The fourth-order valence-electron chi connectivity index (χ4n) is 3.58. The van der Waals surface area contributed by atoms with Crippen molar-refractivity contribution in [3.8, 4) is 0 Å². The Hall–Kier alpha value is -2.83. The molecule has 0 spiro atoms. The van der Waals surface area contributed by atoms with Gasteiger partial charge in [-0.25, -0.2) is 15.0 Å². The molecule has 2 aromatic heterocycles. The Morgan fingerprint density at radius 3 is 2.26 bits per heavy atom. The van der Waals surface area contributed by atoms with Crippen molar-refractivity contribution >= 4 is 38.8 Å². The fraction of sp³-hybridized carbons (Fsp3) is 0.286. The smallest absolute Gasteiger partial charge is 0.155 e. The van der Waals surface area contributed by atoms with Crippen LogP contribution in [0.15, 0.2) is 48.5 Å². The zero-order valence-electron chi connectivity index (χ0n) is 15.1. The zero-order chi connectivity index (χ0) is 18.1. The highest BCUT2D eigenvalue weighted by Crippen LogP contribution is 2.28. The lowest BCUT2D eigenvalue weighted by Crippen LogP contribution is -2.39. The summed E-state index contributed by atoms with van der Waals surface area (Å²) in [7, 11) is 0. The largest absolute Gasteiger partial charge is 0.379 e. The van der Waals surface area contributed by atoms with Gasteiger partial charge in [-0.1, -0.05) is 30.3 Å². The van der Waals surface area contributed by atoms with E-state index in [1.165, 1.54) is 0 Å². The van der Waals surface area contributed by atoms with Crippen LogP contribution in [0.1, 0.15) is 0 Å². The van der Waals surface area contributed by atoms with Gasteiger partial charge in [0.25, 0.3) is 0 Å². The van der Waals surface area contributed by atoms with Crippen LogP contribution in [0.2, 0.25) is 0 Å². The van der Waals surface area contributed by atoms with Gasteiger partial charge in [0.2, 0.25) is 0 Å². The average Bonchev–Trinajstić information content (AvgIpc) is 2.73. The molecule has 1 aliphatic heterocycles. The maximum Gasteiger partial charge on any atom is 0.155 e. The van der Waals surface area contributed by atoms with Gasteiger partial charge in [0, 0.05) is 31.6 Å². The van der Waals surface area contributed by atoms with Crippen molar-refractivity contribution in [1.82, 2.24) is 19.9 Å². The quantitative estimate of drug-likeness (QED) is 0.446. The third-order valence-electron chi connectivity index (χ3n) is 5.01. The minimum Gasteiger partial charge on any atom is -0.379 e. The minimum absolute atomic E-state index is 0.801. The van der Waals surface area contributed by atoms with Crippen LogP contribution in [-0.4, -0.2) is 59.2 Å². The molecule has 6 nitrogen and oxygen atoms in total. The lowest BCUT2D eigenvalue weighted by Gasteiger charge is -2.26. The topological polar surface area (TPSA) is 63.2 Å². The first-order valence-electron chi connectivity index (χ1n) is 9.38. The van der Waals surface area contributed by atoms with Crippen LogP contribution < -0.4 is 5.32 Å². The van der Waals surface area contributed by atoms with Gasteiger partial charge in [-0.3, -0.25) is 4.90 Å². The number of para-hydroxylation sites is 3. The summed E-state index contributed by atoms with van der Waals surface area (Å²) in [6, 6.07) is 16.1. The minimum atomic E-state index is 0.801. The van der Waals surface area contributed by atoms with Gasteiger partial charge >= 0.3 is 0 Å². The molecule has 0 unspecified atom stereocenters. The lowest BCUT2D eigenvalue weighted by atomic mass is 10.1. The Labute approximate surface area is 157 Å². The van der Waals surface area contributed by atoms with E-state index in [0.29, 0.717) is 0 Å². The second-order valence-corrected chi connectivity index (χ2v) is 6.77. The van der Waals surface area contributed by atoms with Crippen LogP contribution in [-0.2, 0) is 4.74 Å². The van der Waals surface area contributed by atoms with E-state index in [9.17, 15) is 0 Å². The van der Waals surface area contributed by atoms with Gasteiger partial charge in [0.1, 0.15) is 11.0 Å². The Kier molecular flexibility index (Phi) is 4.27. The molecule has 0 radical (unpaired) electrons. The summed E-state index contributed by atoms with van der Waals surface area (Å²) in [5.41, 5.74) is 4.45. The summed E-state index contributed by atoms with van der Waals surface area (Å²) in [6.07, 6.45) is 0. The number of aromatic nitrogens is 3. The van der Waals surface area contributed by atoms with E-state index in [1.807, 2.05) is 42.5 Å². The summed E-state index contributed by atoms with van der Waals surface area (Å²) in [5, 5.41) is 4.53. The number of fused-ring (bicyclic) bond motifs is 4. The van der Waals surface area contributed by atoms with Crippen molar-refractivity contribution in [2.45, 2.75) is 0 Å². The molecule has 6 heteroatoms. The first-order valence-corrected chi connectivity index (χ1v) is 9.38. The first-order chi connectivity index (χ1) is 13.4. The Bertz CT molecular complexity index is 1110. The predicted octanol–water partition coefficient (Wildman–Crippen LogP) is 3.08. The lowest BCUT2D eigenvalue weighted by molar-refractivity contribution is 0.0398. The molecule has 27 heavy (non-hydrogen) atoms. The third kappa shape index (κ3) is 3.18. The van der Waals surface area contributed by atoms with Gasteiger partial charge in [-0.15, -0.1) is 0 Å². The molecule has 0 atom stereocenters. The second-order valence-electron chi connectivity index (χ2n) is 6.77. The van der Waals surface area contributed by atoms with Crippen LogP contribution >= 0.6 is 0 Å². The molecular formula is C21H21N5O. The summed E-state index contributed by atoms with van der Waals surface area (Å²) >= 11 is 0. The predicted molar refractivity (Wildman–Crippen MR) is 108 cm³/mol. The Morgan fingerprint density at radius 2 is 1.48 bits per heavy atom. The number of ether oxygens (including phenoxy) is 1. The van der Waals surface area contributed by atoms with Crippen molar-refractivity contribution in [3.63, 3.8) is 0 Å². The highest BCUT2D eigenvalue weighted by molar-refractivity contribution is 6.08. The number of benzene rings is 2. The molecule has 0 amide bonds. The normalized spacial score (nSPS) is 15.6. The Morgan fingerprint density at radius 1 is 0.815 bits per heavy atom. The average molecular weight is 359 g/mol. The summed E-state index contributed by atoms with van der Waals surface area (Å²) < 4.78 is 5.42. The molecule has 3 heterocycles. The summed E-state index contributed by atoms with van der Waals surface area (Å²) in [5.74, 6) is 0.801. The van der Waals surface area contributed by atoms with E-state index in [1.54, 1.807) is 0 Å². The highest BCUT2D eigenvalue weighted by Gasteiger charge is 2.14. The van der Waals surface area contributed by atoms with Crippen molar-refractivity contribution in [3.05, 3.63) is 48.5 Å². The molecule has 1 saturated heterocycles. The van der Waals surface area contributed by atoms with E-state index < -0.39 is 0 Å². The molecule has 0 aliphatic carbocycles. The van der Waals surface area contributed by atoms with Crippen molar-refractivity contribution in [2.24, 2.45) is 0 Å². The molecule has 136 valence electrons. The van der Waals surface area contributed by atoms with Crippen LogP contribution in [0.3, 0.4) is 0 Å². The molecular weight excluding hydrogens is 338 g/mol. The number of morpholine rings is 1. The molecule has 0 saturated carbocycles. The van der Waals surface area contributed by atoms with Crippen LogP contribution in [0.25, 0.3) is 33.0 Å². The van der Waals surface area contributed by atoms with Crippen molar-refractivity contribution < 1.29 is 4.74 Å². The fourth-order valence-corrected chi connectivity index (χ4v) is 3.58. The zero-order valence-corrected chi connectivity index (χ0v) is 15.1. The van der Waals surface area contributed by atoms with Gasteiger partial charge in [0.15, 0.2) is 5.82 Å². The molecule has 4 aromatic rings. The summed E-state index contributed by atoms with van der Waals surface area (Å²) in [4.78, 5) is 17.0. The number of hydrogen-bond acceptors (Lipinski definition) is 6. The van der Waals surface area contributed by atoms with Gasteiger partial charge in [-0.05, 0) is 18.2 Å². The second kappa shape index (κ2) is 7.06. The number of hydrogen-bond donors (Lipinski definition) is 1. The number of rotatable bonds is 4. The molecule has 2 aromatic carbocycles. The van der Waals surface area contributed by atoms with Gasteiger partial charge in [-0.2, -0.15) is 0 Å². The molecule has 1 fully saturated rings. The summed E-state index contributed by atoms with van der Waals surface area (Å²) in [6.45, 7) is 5.37. The maximum absolute atomic E-state index is 5.42. The van der Waals surface area contributed by atoms with Gasteiger partial charge in [0.05, 0.1) is 29.8 Å². The number of nitrogens with zero attached hydrogens (tertiary/aromatic N) is 4. The number of nitrogens with one attached hydrogen (secondary N) is 1. The standard InChI is InChI=1S/C21H21N5O/c1-2-6-16-15(5-1)19-20(24-18-8-4-3-7-17(18)23-19)21(25-16)22-9-10-26-11-13-27-14-12-26/h1-8H,9-14H2,(H,22,25). The van der Waals surface area contributed by atoms with Crippen molar-refractivity contribution in [1.29, 1.82) is 0 Å². The Balaban J connectivity index is 1.55. The van der Waals surface area contributed by atoms with E-state index in [4.69, 9.17) is 19.7 Å². The number of anilines is 1. The van der Waals surface area contributed by atoms with E-state index in [2.05, 4.69) is 16.3 Å². The van der Waals surface area contributed by atoms with Crippen LogP contribution in [0.4, 0.5) is 5.82 Å². The van der Waals surface area contributed by atoms with E-state index in [-0.39, 0.29) is 0 Å². The molecule has 0 bridgehead atoms. The van der Waals surface area contributed by atoms with E-state index in [0.717, 1.165) is 78.2 Å². The first kappa shape index (κ1) is 16.4. The molecule has 1 N–H and O–H groups in total. The van der Waals surface area contributed by atoms with Gasteiger partial charge < -0.3 is 10.1 Å². The van der Waals surface area contributed by atoms with Crippen LogP contribution in [0.5, 0.6) is 0 Å². The van der Waals surface area contributed by atoms with E-state index >= 15 is 0 Å².